The van der Waals surface area contributed by atoms with Crippen LogP contribution in [0.3, 0.4) is 0 Å². The zero-order valence-electron chi connectivity index (χ0n) is 9.06. The molecular formula is C13H15IO2. The molecule has 1 aromatic rings. The van der Waals surface area contributed by atoms with Crippen LogP contribution in [-0.4, -0.2) is 16.5 Å². The van der Waals surface area contributed by atoms with Crippen molar-refractivity contribution >= 4 is 28.6 Å². The molecule has 0 heterocycles. The second kappa shape index (κ2) is 7.44. The van der Waals surface area contributed by atoms with Gasteiger partial charge in [-0.3, -0.25) is 0 Å². The molecule has 0 radical (unpaired) electrons. The first-order valence-electron chi connectivity index (χ1n) is 5.22. The number of ether oxygens (including phenoxy) is 1. The lowest BCUT2D eigenvalue weighted by Gasteiger charge is -2.13. The number of carbonyl (C=O) groups is 1. The van der Waals surface area contributed by atoms with Crippen molar-refractivity contribution in [2.24, 2.45) is 0 Å². The predicted molar refractivity (Wildman–Crippen MR) is 74.0 cm³/mol. The van der Waals surface area contributed by atoms with E-state index in [1.807, 2.05) is 18.2 Å². The van der Waals surface area contributed by atoms with Crippen molar-refractivity contribution in [2.75, 3.05) is 4.43 Å². The first-order chi connectivity index (χ1) is 7.77. The summed E-state index contributed by atoms with van der Waals surface area (Å²) in [5, 5.41) is 0. The number of benzene rings is 1. The Balaban J connectivity index is 2.52. The van der Waals surface area contributed by atoms with Crippen LogP contribution in [0.1, 0.15) is 23.2 Å². The van der Waals surface area contributed by atoms with Gasteiger partial charge in [0, 0.05) is 0 Å². The number of hydrogen-bond donors (Lipinski definition) is 0. The van der Waals surface area contributed by atoms with Crippen LogP contribution in [0.15, 0.2) is 43.0 Å². The number of esters is 1. The van der Waals surface area contributed by atoms with Gasteiger partial charge in [-0.2, -0.15) is 0 Å². The van der Waals surface area contributed by atoms with E-state index in [0.717, 1.165) is 17.3 Å². The highest BCUT2D eigenvalue weighted by atomic mass is 127. The zero-order valence-corrected chi connectivity index (χ0v) is 11.2. The monoisotopic (exact) mass is 330 g/mol. The first-order valence-corrected chi connectivity index (χ1v) is 6.75. The van der Waals surface area contributed by atoms with Crippen LogP contribution in [0.4, 0.5) is 0 Å². The molecule has 0 aliphatic carbocycles. The van der Waals surface area contributed by atoms with E-state index in [1.54, 1.807) is 18.2 Å². The molecule has 2 nitrogen and oxygen atoms in total. The lowest BCUT2D eigenvalue weighted by atomic mass is 10.2. The number of carbonyl (C=O) groups excluding carboxylic acids is 1. The lowest BCUT2D eigenvalue weighted by Crippen LogP contribution is -2.16. The van der Waals surface area contributed by atoms with Gasteiger partial charge in [-0.1, -0.05) is 53.4 Å². The maximum absolute atomic E-state index is 11.7. The van der Waals surface area contributed by atoms with E-state index in [4.69, 9.17) is 4.74 Å². The summed E-state index contributed by atoms with van der Waals surface area (Å²) in [4.78, 5) is 11.7. The Bertz CT molecular complexity index is 335. The molecule has 1 unspecified atom stereocenters. The number of halogens is 1. The fourth-order valence-electron chi connectivity index (χ4n) is 1.28. The van der Waals surface area contributed by atoms with Gasteiger partial charge in [-0.05, 0) is 29.4 Å². The minimum Gasteiger partial charge on any atom is -0.455 e. The third-order valence-electron chi connectivity index (χ3n) is 2.15. The highest BCUT2D eigenvalue weighted by Gasteiger charge is 2.12. The zero-order chi connectivity index (χ0) is 11.8. The fraction of sp³-hybridized carbons (Fsp3) is 0.308. The summed E-state index contributed by atoms with van der Waals surface area (Å²) in [6.45, 7) is 3.68. The van der Waals surface area contributed by atoms with Crippen molar-refractivity contribution in [2.45, 2.75) is 18.9 Å². The smallest absolute Gasteiger partial charge is 0.338 e. The van der Waals surface area contributed by atoms with E-state index in [2.05, 4.69) is 29.2 Å². The van der Waals surface area contributed by atoms with E-state index in [0.29, 0.717) is 5.56 Å². The molecule has 0 aliphatic heterocycles. The number of alkyl halides is 1. The summed E-state index contributed by atoms with van der Waals surface area (Å²) >= 11 is 2.31. The van der Waals surface area contributed by atoms with Gasteiger partial charge in [-0.25, -0.2) is 4.79 Å². The first kappa shape index (κ1) is 13.2. The lowest BCUT2D eigenvalue weighted by molar-refractivity contribution is 0.0381. The van der Waals surface area contributed by atoms with E-state index in [-0.39, 0.29) is 12.1 Å². The van der Waals surface area contributed by atoms with Crippen LogP contribution >= 0.6 is 22.6 Å². The fourth-order valence-corrected chi connectivity index (χ4v) is 1.72. The maximum Gasteiger partial charge on any atom is 0.338 e. The maximum atomic E-state index is 11.7. The molecular weight excluding hydrogens is 315 g/mol. The molecule has 0 amide bonds. The van der Waals surface area contributed by atoms with Crippen molar-refractivity contribution < 1.29 is 9.53 Å². The molecule has 0 N–H and O–H groups in total. The molecule has 1 aromatic carbocycles. The van der Waals surface area contributed by atoms with E-state index >= 15 is 0 Å². The van der Waals surface area contributed by atoms with Gasteiger partial charge in [0.2, 0.25) is 0 Å². The van der Waals surface area contributed by atoms with Crippen LogP contribution in [0, 0.1) is 0 Å². The minimum atomic E-state index is -0.279. The summed E-state index contributed by atoms with van der Waals surface area (Å²) in [5.41, 5.74) is 0.587. The van der Waals surface area contributed by atoms with Crippen LogP contribution < -0.4 is 0 Å². The molecule has 16 heavy (non-hydrogen) atoms. The van der Waals surface area contributed by atoms with Gasteiger partial charge >= 0.3 is 5.97 Å². The Morgan fingerprint density at radius 2 is 2.12 bits per heavy atom. The molecule has 0 aromatic heterocycles. The topological polar surface area (TPSA) is 26.3 Å². The average Bonchev–Trinajstić information content (AvgIpc) is 2.35. The van der Waals surface area contributed by atoms with Crippen molar-refractivity contribution in [3.05, 3.63) is 48.6 Å². The normalized spacial score (nSPS) is 11.8. The molecule has 86 valence electrons. The molecule has 0 saturated carbocycles. The molecule has 1 atom stereocenters. The minimum absolute atomic E-state index is 0.178. The number of rotatable bonds is 6. The molecule has 0 fully saturated rings. The van der Waals surface area contributed by atoms with Crippen LogP contribution in [0.5, 0.6) is 0 Å². The largest absolute Gasteiger partial charge is 0.455 e. The van der Waals surface area contributed by atoms with Crippen molar-refractivity contribution in [1.29, 1.82) is 0 Å². The predicted octanol–water partition coefficient (Wildman–Crippen LogP) is 3.61. The van der Waals surface area contributed by atoms with Gasteiger partial charge in [0.15, 0.2) is 0 Å². The summed E-state index contributed by atoms with van der Waals surface area (Å²) < 4.78 is 6.39. The SMILES string of the molecule is C=CC(CCCI)OC(=O)c1ccccc1. The molecule has 0 aliphatic rings. The molecule has 0 spiro atoms. The van der Waals surface area contributed by atoms with E-state index < -0.39 is 0 Å². The van der Waals surface area contributed by atoms with Gasteiger partial charge in [0.05, 0.1) is 5.56 Å². The third kappa shape index (κ3) is 4.35. The Labute approximate surface area is 110 Å². The second-order valence-corrected chi connectivity index (χ2v) is 4.46. The molecule has 0 saturated heterocycles. The molecule has 3 heteroatoms. The third-order valence-corrected chi connectivity index (χ3v) is 2.92. The number of hydrogen-bond acceptors (Lipinski definition) is 2. The summed E-state index contributed by atoms with van der Waals surface area (Å²) in [6, 6.07) is 9.02. The summed E-state index contributed by atoms with van der Waals surface area (Å²) in [7, 11) is 0. The Kier molecular flexibility index (Phi) is 6.15. The van der Waals surface area contributed by atoms with Gasteiger partial charge in [-0.15, -0.1) is 0 Å². The van der Waals surface area contributed by atoms with Crippen molar-refractivity contribution in [3.63, 3.8) is 0 Å². The molecule has 0 bridgehead atoms. The Hall–Kier alpha value is -0.840. The van der Waals surface area contributed by atoms with Gasteiger partial charge in [0.25, 0.3) is 0 Å². The summed E-state index contributed by atoms with van der Waals surface area (Å²) in [6.07, 6.45) is 3.37. The van der Waals surface area contributed by atoms with E-state index in [1.165, 1.54) is 0 Å². The second-order valence-electron chi connectivity index (χ2n) is 3.38. The van der Waals surface area contributed by atoms with Gasteiger partial charge < -0.3 is 4.74 Å². The Morgan fingerprint density at radius 3 is 2.69 bits per heavy atom. The average molecular weight is 330 g/mol. The van der Waals surface area contributed by atoms with E-state index in [9.17, 15) is 4.79 Å². The molecule has 1 rings (SSSR count). The van der Waals surface area contributed by atoms with Crippen LogP contribution in [-0.2, 0) is 4.74 Å². The van der Waals surface area contributed by atoms with Gasteiger partial charge in [0.1, 0.15) is 6.10 Å². The standard InChI is InChI=1S/C13H15IO2/c1-2-12(9-6-10-14)16-13(15)11-7-4-3-5-8-11/h2-5,7-8,12H,1,6,9-10H2. The highest BCUT2D eigenvalue weighted by Crippen LogP contribution is 2.09. The van der Waals surface area contributed by atoms with Crippen molar-refractivity contribution in [3.8, 4) is 0 Å². The van der Waals surface area contributed by atoms with Crippen LogP contribution in [0.25, 0.3) is 0 Å². The Morgan fingerprint density at radius 1 is 1.44 bits per heavy atom. The van der Waals surface area contributed by atoms with Crippen molar-refractivity contribution in [1.82, 2.24) is 0 Å². The highest BCUT2D eigenvalue weighted by molar-refractivity contribution is 14.1. The quantitative estimate of drug-likeness (QED) is 0.345. The van der Waals surface area contributed by atoms with Crippen LogP contribution in [0.2, 0.25) is 0 Å². The summed E-state index contributed by atoms with van der Waals surface area (Å²) in [5.74, 6) is -0.279.